The number of rotatable bonds is 6. The van der Waals surface area contributed by atoms with Crippen LogP contribution in [0.1, 0.15) is 18.4 Å². The maximum absolute atomic E-state index is 11.8. The molecule has 3 aromatic rings. The van der Waals surface area contributed by atoms with Gasteiger partial charge in [0.15, 0.2) is 0 Å². The number of carbonyl (C=O) groups excluding carboxylic acids is 1. The molecule has 2 aliphatic rings. The van der Waals surface area contributed by atoms with E-state index in [9.17, 15) is 4.79 Å². The average Bonchev–Trinajstić information content (AvgIpc) is 3.01. The Bertz CT molecular complexity index is 1380. The van der Waals surface area contributed by atoms with Gasteiger partial charge in [0.05, 0.1) is 12.3 Å². The second-order valence-corrected chi connectivity index (χ2v) is 10.8. The first kappa shape index (κ1) is 29.3. The number of hydrogen-bond acceptors (Lipinski definition) is 8. The van der Waals surface area contributed by atoms with E-state index in [0.717, 1.165) is 93.6 Å². The number of hydrogen-bond donors (Lipinski definition) is 2. The van der Waals surface area contributed by atoms with Gasteiger partial charge in [-0.05, 0) is 74.5 Å². The number of fused-ring (bicyclic) bond motifs is 7. The number of carbonyl (C=O) groups is 1. The number of aromatic nitrogens is 2. The second kappa shape index (κ2) is 14.6. The van der Waals surface area contributed by atoms with E-state index in [1.54, 1.807) is 6.20 Å². The Morgan fingerprint density at radius 2 is 2.00 bits per heavy atom. The van der Waals surface area contributed by atoms with Crippen LogP contribution in [0.5, 0.6) is 5.75 Å². The van der Waals surface area contributed by atoms with Crippen LogP contribution in [0.4, 0.5) is 17.3 Å². The first-order valence-electron chi connectivity index (χ1n) is 14.7. The lowest BCUT2D eigenvalue weighted by molar-refractivity contribution is -0.127. The molecule has 0 unspecified atom stereocenters. The topological polar surface area (TPSA) is 85.9 Å². The predicted octanol–water partition coefficient (Wildman–Crippen LogP) is 4.79. The standard InChI is InChI=1S/C33H41N7O2/c1-3-32(41)40-18-16-39(17-19-40)15-8-12-34-28-21-26-22-29(24-28)36-33-35-13-11-31(37-33)27-9-7-10-30(23-27)42-20-6-4-5-14-38(2)25-26/h3-5,7,9-11,13,21-24,34H,1,6,8,12,14-20,25H2,2H3,(H,35,36,37)/b5-4+. The first-order chi connectivity index (χ1) is 20.6. The van der Waals surface area contributed by atoms with Crippen LogP contribution in [0.3, 0.4) is 0 Å². The van der Waals surface area contributed by atoms with Crippen molar-refractivity contribution in [3.63, 3.8) is 0 Å². The van der Waals surface area contributed by atoms with Crippen LogP contribution in [0.2, 0.25) is 0 Å². The first-order valence-corrected chi connectivity index (χ1v) is 14.7. The van der Waals surface area contributed by atoms with Crippen molar-refractivity contribution in [2.24, 2.45) is 0 Å². The molecule has 1 saturated heterocycles. The number of likely N-dealkylation sites (N-methyl/N-ethyl adjacent to an activating group) is 1. The normalized spacial score (nSPS) is 17.2. The lowest BCUT2D eigenvalue weighted by atomic mass is 10.1. The van der Waals surface area contributed by atoms with E-state index in [-0.39, 0.29) is 5.91 Å². The number of benzene rings is 2. The molecule has 0 spiro atoms. The fourth-order valence-corrected chi connectivity index (χ4v) is 5.26. The van der Waals surface area contributed by atoms with Crippen LogP contribution in [-0.2, 0) is 11.3 Å². The number of anilines is 3. The van der Waals surface area contributed by atoms with Gasteiger partial charge in [0, 0.05) is 68.9 Å². The molecule has 1 fully saturated rings. The molecule has 3 heterocycles. The zero-order valence-electron chi connectivity index (χ0n) is 24.5. The maximum atomic E-state index is 11.8. The summed E-state index contributed by atoms with van der Waals surface area (Å²) < 4.78 is 5.98. The number of nitrogens with one attached hydrogen (secondary N) is 2. The highest BCUT2D eigenvalue weighted by atomic mass is 16.5. The molecule has 0 aliphatic carbocycles. The number of nitrogens with zero attached hydrogens (tertiary/aromatic N) is 5. The van der Waals surface area contributed by atoms with E-state index in [1.165, 1.54) is 11.6 Å². The summed E-state index contributed by atoms with van der Waals surface area (Å²) in [6.45, 7) is 11.1. The van der Waals surface area contributed by atoms with Gasteiger partial charge in [0.25, 0.3) is 0 Å². The molecule has 220 valence electrons. The molecule has 42 heavy (non-hydrogen) atoms. The summed E-state index contributed by atoms with van der Waals surface area (Å²) in [6.07, 6.45) is 9.44. The Labute approximate surface area is 248 Å². The third-order valence-corrected chi connectivity index (χ3v) is 7.46. The summed E-state index contributed by atoms with van der Waals surface area (Å²) in [5.41, 5.74) is 5.03. The molecule has 9 heteroatoms. The number of ether oxygens (including phenoxy) is 1. The van der Waals surface area contributed by atoms with Gasteiger partial charge in [0.1, 0.15) is 5.75 Å². The van der Waals surface area contributed by atoms with Gasteiger partial charge in [0.2, 0.25) is 11.9 Å². The number of amides is 1. The van der Waals surface area contributed by atoms with Crippen molar-refractivity contribution in [2.75, 3.05) is 70.1 Å². The van der Waals surface area contributed by atoms with E-state index >= 15 is 0 Å². The Hall–Kier alpha value is -4.21. The lowest BCUT2D eigenvalue weighted by Gasteiger charge is -2.34. The van der Waals surface area contributed by atoms with Crippen molar-refractivity contribution in [3.8, 4) is 17.0 Å². The molecule has 9 nitrogen and oxygen atoms in total. The van der Waals surface area contributed by atoms with Crippen LogP contribution in [0.25, 0.3) is 11.3 Å². The smallest absolute Gasteiger partial charge is 0.246 e. The number of piperazine rings is 1. The molecule has 2 N–H and O–H groups in total. The van der Waals surface area contributed by atoms with Crippen molar-refractivity contribution in [2.45, 2.75) is 19.4 Å². The highest BCUT2D eigenvalue weighted by Gasteiger charge is 2.18. The molecule has 2 aromatic carbocycles. The SMILES string of the molecule is C=CC(=O)N1CCN(CCCNc2cc3cc(c2)Nc2nccc(n2)-c2cccc(c2)OCC/C=C/CN(C)C3)CC1. The minimum absolute atomic E-state index is 0.0254. The second-order valence-electron chi connectivity index (χ2n) is 10.8. The van der Waals surface area contributed by atoms with Gasteiger partial charge in [-0.1, -0.05) is 30.9 Å². The average molecular weight is 568 g/mol. The molecule has 5 rings (SSSR count). The van der Waals surface area contributed by atoms with Crippen LogP contribution >= 0.6 is 0 Å². The zero-order chi connectivity index (χ0) is 29.1. The van der Waals surface area contributed by atoms with Crippen LogP contribution in [0.15, 0.2) is 79.5 Å². The van der Waals surface area contributed by atoms with Gasteiger partial charge in [-0.25, -0.2) is 9.97 Å². The summed E-state index contributed by atoms with van der Waals surface area (Å²) in [5.74, 6) is 1.41. The summed E-state index contributed by atoms with van der Waals surface area (Å²) in [5, 5.41) is 7.07. The fourth-order valence-electron chi connectivity index (χ4n) is 5.26. The zero-order valence-corrected chi connectivity index (χ0v) is 24.5. The molecule has 2 aliphatic heterocycles. The Kier molecular flexibility index (Phi) is 10.2. The van der Waals surface area contributed by atoms with E-state index in [4.69, 9.17) is 9.72 Å². The van der Waals surface area contributed by atoms with Crippen LogP contribution < -0.4 is 15.4 Å². The molecule has 1 amide bonds. The molecule has 0 radical (unpaired) electrons. The highest BCUT2D eigenvalue weighted by molar-refractivity contribution is 5.87. The summed E-state index contributed by atoms with van der Waals surface area (Å²) >= 11 is 0. The molecule has 0 atom stereocenters. The minimum atomic E-state index is 0.0254. The van der Waals surface area contributed by atoms with Crippen molar-refractivity contribution in [1.82, 2.24) is 24.7 Å². The van der Waals surface area contributed by atoms with Gasteiger partial charge in [-0.2, -0.15) is 0 Å². The third-order valence-electron chi connectivity index (χ3n) is 7.46. The van der Waals surface area contributed by atoms with Gasteiger partial charge in [-0.3, -0.25) is 14.6 Å². The molecule has 0 saturated carbocycles. The Balaban J connectivity index is 1.28. The summed E-state index contributed by atoms with van der Waals surface area (Å²) in [6, 6.07) is 16.5. The van der Waals surface area contributed by atoms with Crippen molar-refractivity contribution in [3.05, 3.63) is 85.1 Å². The molecular formula is C33H41N7O2. The van der Waals surface area contributed by atoms with E-state index in [2.05, 4.69) is 69.4 Å². The molecule has 1 aromatic heterocycles. The van der Waals surface area contributed by atoms with Gasteiger partial charge < -0.3 is 20.3 Å². The predicted molar refractivity (Wildman–Crippen MR) is 169 cm³/mol. The van der Waals surface area contributed by atoms with Crippen molar-refractivity contribution >= 4 is 23.2 Å². The van der Waals surface area contributed by atoms with Crippen molar-refractivity contribution in [1.29, 1.82) is 0 Å². The molecule has 6 bridgehead atoms. The Morgan fingerprint density at radius 1 is 1.12 bits per heavy atom. The monoisotopic (exact) mass is 567 g/mol. The maximum Gasteiger partial charge on any atom is 0.246 e. The van der Waals surface area contributed by atoms with Gasteiger partial charge in [-0.15, -0.1) is 0 Å². The van der Waals surface area contributed by atoms with Gasteiger partial charge >= 0.3 is 0 Å². The van der Waals surface area contributed by atoms with E-state index in [0.29, 0.717) is 12.6 Å². The third kappa shape index (κ3) is 8.41. The largest absolute Gasteiger partial charge is 0.493 e. The summed E-state index contributed by atoms with van der Waals surface area (Å²) in [4.78, 5) is 27.7. The van der Waals surface area contributed by atoms with E-state index in [1.807, 2.05) is 35.2 Å². The van der Waals surface area contributed by atoms with Crippen molar-refractivity contribution < 1.29 is 9.53 Å². The minimum Gasteiger partial charge on any atom is -0.493 e. The highest BCUT2D eigenvalue weighted by Crippen LogP contribution is 2.26. The molecular weight excluding hydrogens is 526 g/mol. The van der Waals surface area contributed by atoms with E-state index < -0.39 is 0 Å². The lowest BCUT2D eigenvalue weighted by Crippen LogP contribution is -2.48. The fraction of sp³-hybridized carbons (Fsp3) is 0.364. The van der Waals surface area contributed by atoms with Crippen LogP contribution in [0, 0.1) is 0 Å². The quantitative estimate of drug-likeness (QED) is 0.250. The van der Waals surface area contributed by atoms with Crippen LogP contribution in [-0.4, -0.2) is 90.0 Å². The summed E-state index contributed by atoms with van der Waals surface area (Å²) in [7, 11) is 2.13. The Morgan fingerprint density at radius 3 is 2.86 bits per heavy atom.